The Morgan fingerprint density at radius 1 is 1.03 bits per heavy atom. The van der Waals surface area contributed by atoms with Gasteiger partial charge in [0.15, 0.2) is 28.7 Å². The summed E-state index contributed by atoms with van der Waals surface area (Å²) < 4.78 is 5.33. The zero-order valence-electron chi connectivity index (χ0n) is 20.1. The number of hydrogen-bond acceptors (Lipinski definition) is 12. The minimum Gasteiger partial charge on any atom is -0.505 e. The van der Waals surface area contributed by atoms with Gasteiger partial charge < -0.3 is 56.0 Å². The first-order valence-electron chi connectivity index (χ1n) is 11.2. The largest absolute Gasteiger partial charge is 0.505 e. The Kier molecular flexibility index (Phi) is 7.04. The maximum atomic E-state index is 11.3. The van der Waals surface area contributed by atoms with E-state index < -0.39 is 70.1 Å². The number of carboxylic acid groups (broad SMARTS) is 1. The molecule has 0 aromatic heterocycles. The smallest absolute Gasteiger partial charge is 0.335 e. The Bertz CT molecular complexity index is 1440. The molecule has 3 aromatic rings. The molecule has 1 aliphatic heterocycles. The molecule has 1 saturated heterocycles. The standard InChI is InChI=1S/C25H25ClN2O11/c1-39-21(12-5-3-7-14(26)9-12)23(35)10-24(36,28-23)25(37,38)27-16-17(29)15(18(30)20(32)19(16)31)11-4-2-6-13(8-11)22(33)34/h2-9,21,27-32,35-38H,10H2,1H3,(H,33,34). The maximum Gasteiger partial charge on any atom is 0.335 e. The van der Waals surface area contributed by atoms with Gasteiger partial charge >= 0.3 is 5.97 Å². The number of methoxy groups -OCH3 is 1. The fourth-order valence-corrected chi connectivity index (χ4v) is 4.75. The Morgan fingerprint density at radius 3 is 2.26 bits per heavy atom. The van der Waals surface area contributed by atoms with Crippen molar-refractivity contribution in [2.24, 2.45) is 0 Å². The average molecular weight is 565 g/mol. The van der Waals surface area contributed by atoms with E-state index in [1.807, 2.05) is 5.32 Å². The van der Waals surface area contributed by atoms with Crippen LogP contribution in [-0.4, -0.2) is 76.4 Å². The maximum absolute atomic E-state index is 11.3. The first kappa shape index (κ1) is 28.2. The van der Waals surface area contributed by atoms with Crippen molar-refractivity contribution in [3.05, 3.63) is 64.7 Å². The predicted molar refractivity (Wildman–Crippen MR) is 135 cm³/mol. The molecule has 14 heteroatoms. The summed E-state index contributed by atoms with van der Waals surface area (Å²) in [5.74, 6) is -9.29. The fraction of sp³-hybridized carbons (Fsp3) is 0.240. The Morgan fingerprint density at radius 2 is 1.67 bits per heavy atom. The molecule has 0 aliphatic carbocycles. The van der Waals surface area contributed by atoms with E-state index >= 15 is 0 Å². The number of anilines is 1. The van der Waals surface area contributed by atoms with Gasteiger partial charge in [0.1, 0.15) is 11.8 Å². The lowest BCUT2D eigenvalue weighted by Crippen LogP contribution is -2.83. The van der Waals surface area contributed by atoms with Crippen LogP contribution in [0.25, 0.3) is 11.1 Å². The van der Waals surface area contributed by atoms with Crippen LogP contribution >= 0.6 is 11.6 Å². The van der Waals surface area contributed by atoms with Gasteiger partial charge in [-0.1, -0.05) is 35.9 Å². The number of nitrogens with one attached hydrogen (secondary N) is 2. The van der Waals surface area contributed by atoms with Crippen molar-refractivity contribution in [2.45, 2.75) is 29.9 Å². The van der Waals surface area contributed by atoms with Gasteiger partial charge in [0, 0.05) is 18.6 Å². The third-order valence-electron chi connectivity index (χ3n) is 6.44. The number of rotatable bonds is 8. The molecule has 3 unspecified atom stereocenters. The highest BCUT2D eigenvalue weighted by Crippen LogP contribution is 2.55. The van der Waals surface area contributed by atoms with Crippen LogP contribution in [0.15, 0.2) is 48.5 Å². The molecule has 13 nitrogen and oxygen atoms in total. The van der Waals surface area contributed by atoms with Gasteiger partial charge in [-0.2, -0.15) is 0 Å². The number of halogens is 1. The number of carboxylic acids is 1. The quantitative estimate of drug-likeness (QED) is 0.105. The van der Waals surface area contributed by atoms with E-state index in [0.29, 0.717) is 10.6 Å². The van der Waals surface area contributed by atoms with Crippen LogP contribution in [0.1, 0.15) is 28.4 Å². The van der Waals surface area contributed by atoms with Gasteiger partial charge in [0.05, 0.1) is 11.1 Å². The molecule has 0 bridgehead atoms. The molecule has 39 heavy (non-hydrogen) atoms. The Hall–Kier alpha value is -3.82. The van der Waals surface area contributed by atoms with Gasteiger partial charge in [0.2, 0.25) is 5.75 Å². The average Bonchev–Trinajstić information content (AvgIpc) is 2.85. The topological polar surface area (TPSA) is 232 Å². The van der Waals surface area contributed by atoms with Gasteiger partial charge in [-0.25, -0.2) is 4.79 Å². The van der Waals surface area contributed by atoms with Crippen LogP contribution in [0.5, 0.6) is 23.0 Å². The summed E-state index contributed by atoms with van der Waals surface area (Å²) in [6, 6.07) is 11.1. The second-order valence-corrected chi connectivity index (χ2v) is 9.52. The Balaban J connectivity index is 1.68. The number of phenols is 4. The zero-order chi connectivity index (χ0) is 28.9. The molecule has 1 aliphatic rings. The fourth-order valence-electron chi connectivity index (χ4n) is 4.55. The van der Waals surface area contributed by atoms with Crippen LogP contribution in [0, 0.1) is 0 Å². The summed E-state index contributed by atoms with van der Waals surface area (Å²) in [6.45, 7) is 0. The summed E-state index contributed by atoms with van der Waals surface area (Å²) in [7, 11) is 1.27. The highest BCUT2D eigenvalue weighted by atomic mass is 35.5. The lowest BCUT2D eigenvalue weighted by atomic mass is 9.80. The first-order chi connectivity index (χ1) is 18.1. The molecular formula is C25H25ClN2O11. The highest BCUT2D eigenvalue weighted by Gasteiger charge is 2.67. The molecular weight excluding hydrogens is 540 g/mol. The van der Waals surface area contributed by atoms with E-state index in [2.05, 4.69) is 5.32 Å². The van der Waals surface area contributed by atoms with E-state index in [1.54, 1.807) is 18.2 Å². The van der Waals surface area contributed by atoms with Crippen molar-refractivity contribution in [1.82, 2.24) is 5.32 Å². The zero-order valence-corrected chi connectivity index (χ0v) is 20.9. The monoisotopic (exact) mass is 564 g/mol. The van der Waals surface area contributed by atoms with E-state index in [4.69, 9.17) is 16.3 Å². The van der Waals surface area contributed by atoms with Crippen molar-refractivity contribution in [3.63, 3.8) is 0 Å². The number of hydrogen-bond donors (Lipinski definition) is 11. The van der Waals surface area contributed by atoms with Crippen molar-refractivity contribution >= 4 is 23.3 Å². The predicted octanol–water partition coefficient (Wildman–Crippen LogP) is 1.34. The van der Waals surface area contributed by atoms with Gasteiger partial charge in [0.25, 0.3) is 5.91 Å². The third-order valence-corrected chi connectivity index (χ3v) is 6.67. The summed E-state index contributed by atoms with van der Waals surface area (Å²) in [6.07, 6.45) is -1.91. The second-order valence-electron chi connectivity index (χ2n) is 9.08. The van der Waals surface area contributed by atoms with Gasteiger partial charge in [-0.3, -0.25) is 5.32 Å². The number of phenolic OH excluding ortho intramolecular Hbond substituents is 4. The number of aromatic carboxylic acids is 1. The summed E-state index contributed by atoms with van der Waals surface area (Å²) in [5, 5.41) is 99.0. The minimum absolute atomic E-state index is 0.121. The van der Waals surface area contributed by atoms with Crippen LogP contribution in [0.4, 0.5) is 5.69 Å². The van der Waals surface area contributed by atoms with Crippen LogP contribution in [0.2, 0.25) is 5.02 Å². The molecule has 0 amide bonds. The lowest BCUT2D eigenvalue weighted by molar-refractivity contribution is -0.361. The van der Waals surface area contributed by atoms with Crippen molar-refractivity contribution < 1.29 is 55.5 Å². The van der Waals surface area contributed by atoms with Gasteiger partial charge in [-0.15, -0.1) is 0 Å². The minimum atomic E-state index is -3.44. The van der Waals surface area contributed by atoms with Crippen LogP contribution in [-0.2, 0) is 4.74 Å². The number of aliphatic hydroxyl groups is 4. The van der Waals surface area contributed by atoms with E-state index in [0.717, 1.165) is 6.07 Å². The third kappa shape index (κ3) is 4.77. The number of carbonyl (C=O) groups is 1. The molecule has 0 spiro atoms. The summed E-state index contributed by atoms with van der Waals surface area (Å²) in [5.41, 5.74) is -6.27. The van der Waals surface area contributed by atoms with E-state index in [9.17, 15) is 50.8 Å². The van der Waals surface area contributed by atoms with Crippen molar-refractivity contribution in [3.8, 4) is 34.1 Å². The molecule has 0 radical (unpaired) electrons. The molecule has 0 saturated carbocycles. The molecule has 1 fully saturated rings. The molecule has 4 rings (SSSR count). The first-order valence-corrected chi connectivity index (χ1v) is 11.6. The number of benzene rings is 3. The normalized spacial score (nSPS) is 21.7. The second kappa shape index (κ2) is 9.73. The highest BCUT2D eigenvalue weighted by molar-refractivity contribution is 6.30. The van der Waals surface area contributed by atoms with Crippen molar-refractivity contribution in [1.29, 1.82) is 0 Å². The van der Waals surface area contributed by atoms with Crippen molar-refractivity contribution in [2.75, 3.05) is 12.4 Å². The molecule has 11 N–H and O–H groups in total. The Labute approximate surface area is 225 Å². The molecule has 3 aromatic carbocycles. The molecule has 1 heterocycles. The number of ether oxygens (including phenoxy) is 1. The van der Waals surface area contributed by atoms with E-state index in [-0.39, 0.29) is 11.1 Å². The number of aromatic hydroxyl groups is 4. The van der Waals surface area contributed by atoms with Crippen LogP contribution in [0.3, 0.4) is 0 Å². The lowest BCUT2D eigenvalue weighted by Gasteiger charge is -2.57. The molecule has 3 atom stereocenters. The van der Waals surface area contributed by atoms with Gasteiger partial charge in [-0.05, 0) is 35.4 Å². The van der Waals surface area contributed by atoms with E-state index in [1.165, 1.54) is 31.4 Å². The summed E-state index contributed by atoms with van der Waals surface area (Å²) >= 11 is 6.00. The molecule has 208 valence electrons. The SMILES string of the molecule is COC(c1cccc(Cl)c1)C1(O)CC(O)(C(O)(O)Nc2c(O)c(O)c(O)c(-c3cccc(C(=O)O)c3)c2O)N1. The van der Waals surface area contributed by atoms with Crippen LogP contribution < -0.4 is 10.6 Å². The summed E-state index contributed by atoms with van der Waals surface area (Å²) in [4.78, 5) is 11.3.